The van der Waals surface area contributed by atoms with Gasteiger partial charge in [0.15, 0.2) is 5.60 Å². The molecule has 7 rings (SSSR count). The largest absolute Gasteiger partial charge is 0.497 e. The van der Waals surface area contributed by atoms with Crippen LogP contribution in [0.1, 0.15) is 28.7 Å². The Hall–Kier alpha value is -4.34. The van der Waals surface area contributed by atoms with Gasteiger partial charge in [0.05, 0.1) is 17.7 Å². The maximum atomic E-state index is 14.8. The molecular weight excluding hydrogens is 552 g/mol. The van der Waals surface area contributed by atoms with Gasteiger partial charge in [-0.1, -0.05) is 66.2 Å². The number of hydrogen-bond acceptors (Lipinski definition) is 6. The topological polar surface area (TPSA) is 96.4 Å². The van der Waals surface area contributed by atoms with Gasteiger partial charge in [0, 0.05) is 36.7 Å². The average molecular weight is 583 g/mol. The third-order valence-electron chi connectivity index (χ3n) is 8.92. The quantitative estimate of drug-likeness (QED) is 0.340. The van der Waals surface area contributed by atoms with Crippen molar-refractivity contribution in [3.05, 3.63) is 119 Å². The van der Waals surface area contributed by atoms with Crippen LogP contribution < -0.4 is 13.8 Å². The number of carbonyl (C=O) groups is 1. The Morgan fingerprint density at radius 1 is 0.976 bits per heavy atom. The molecule has 0 saturated carbocycles. The van der Waals surface area contributed by atoms with Crippen LogP contribution in [0.25, 0.3) is 0 Å². The van der Waals surface area contributed by atoms with Crippen molar-refractivity contribution >= 4 is 21.7 Å². The molecule has 214 valence electrons. The first-order valence-electron chi connectivity index (χ1n) is 13.8. The number of methoxy groups -OCH3 is 1. The maximum absolute atomic E-state index is 14.8. The number of sulfonamides is 1. The minimum atomic E-state index is -4.15. The molecule has 1 N–H and O–H groups in total. The number of benzene rings is 4. The third kappa shape index (κ3) is 3.56. The molecule has 4 aromatic carbocycles. The van der Waals surface area contributed by atoms with Gasteiger partial charge in [-0.2, -0.15) is 0 Å². The fourth-order valence-corrected chi connectivity index (χ4v) is 8.90. The Morgan fingerprint density at radius 3 is 2.40 bits per heavy atom. The molecular formula is C33H30N2O6S. The predicted molar refractivity (Wildman–Crippen MR) is 157 cm³/mol. The van der Waals surface area contributed by atoms with E-state index in [9.17, 15) is 18.3 Å². The standard InChI is InChI=1S/C33H30N2O6S/c1-22-12-15-25(16-13-22)42(38,39)35-28-11-7-6-10-26(28)33-19-29(31(36)37)34(20-23-8-4-3-5-9-23)21-32(33,35)27-17-14-24(40-2)18-30(27)41-33/h3-18,29H,19-21H2,1-2H3,(H,36,37)/t29-,32-,33-/m0/s1. The second-order valence-electron chi connectivity index (χ2n) is 11.2. The van der Waals surface area contributed by atoms with Crippen LogP contribution in [0, 0.1) is 6.92 Å². The number of aliphatic carboxylic acids is 1. The van der Waals surface area contributed by atoms with Crippen LogP contribution in [0.15, 0.2) is 102 Å². The molecule has 9 heteroatoms. The lowest BCUT2D eigenvalue weighted by Crippen LogP contribution is -2.68. The highest BCUT2D eigenvalue weighted by molar-refractivity contribution is 7.93. The van der Waals surface area contributed by atoms with Crippen molar-refractivity contribution in [2.75, 3.05) is 18.0 Å². The molecule has 3 aliphatic rings. The summed E-state index contributed by atoms with van der Waals surface area (Å²) in [6.45, 7) is 2.34. The summed E-state index contributed by atoms with van der Waals surface area (Å²) in [5, 5.41) is 10.5. The second kappa shape index (κ2) is 9.34. The van der Waals surface area contributed by atoms with Crippen LogP contribution in [0.4, 0.5) is 5.69 Å². The van der Waals surface area contributed by atoms with Gasteiger partial charge in [0.2, 0.25) is 0 Å². The molecule has 0 aromatic heterocycles. The zero-order valence-electron chi connectivity index (χ0n) is 23.2. The van der Waals surface area contributed by atoms with Crippen LogP contribution in [-0.2, 0) is 32.5 Å². The normalized spacial score (nSPS) is 24.2. The lowest BCUT2D eigenvalue weighted by molar-refractivity contribution is -0.153. The number of hydrogen-bond donors (Lipinski definition) is 1. The number of carboxylic acid groups (broad SMARTS) is 1. The summed E-state index contributed by atoms with van der Waals surface area (Å²) < 4.78 is 43.5. The highest BCUT2D eigenvalue weighted by atomic mass is 32.2. The Balaban J connectivity index is 1.52. The smallest absolute Gasteiger partial charge is 0.321 e. The number of anilines is 1. The number of para-hydroxylation sites is 1. The van der Waals surface area contributed by atoms with Crippen molar-refractivity contribution < 1.29 is 27.8 Å². The van der Waals surface area contributed by atoms with Gasteiger partial charge in [-0.3, -0.25) is 9.69 Å². The molecule has 3 aliphatic heterocycles. The molecule has 4 aromatic rings. The Kier molecular flexibility index (Phi) is 5.90. The molecule has 1 saturated heterocycles. The van der Waals surface area contributed by atoms with E-state index in [0.29, 0.717) is 34.9 Å². The van der Waals surface area contributed by atoms with Crippen LogP contribution in [0.2, 0.25) is 0 Å². The summed E-state index contributed by atoms with van der Waals surface area (Å²) >= 11 is 0. The molecule has 0 amide bonds. The highest BCUT2D eigenvalue weighted by Crippen LogP contribution is 2.68. The number of nitrogens with zero attached hydrogens (tertiary/aromatic N) is 2. The number of aryl methyl sites for hydroxylation is 1. The molecule has 0 radical (unpaired) electrons. The van der Waals surface area contributed by atoms with Crippen molar-refractivity contribution in [2.45, 2.75) is 42.0 Å². The number of ether oxygens (including phenoxy) is 2. The summed E-state index contributed by atoms with van der Waals surface area (Å²) in [6.07, 6.45) is 0.0447. The first kappa shape index (κ1) is 26.6. The molecule has 1 fully saturated rings. The maximum Gasteiger partial charge on any atom is 0.321 e. The average Bonchev–Trinajstić information content (AvgIpc) is 3.41. The number of fused-ring (bicyclic) bond motifs is 2. The van der Waals surface area contributed by atoms with E-state index in [0.717, 1.165) is 11.1 Å². The SMILES string of the molecule is COc1ccc2c(c1)O[C@]13C[C@@H](C(=O)O)N(Cc4ccccc4)C[C@]21N(S(=O)(=O)c1ccc(C)cc1)c1ccccc13. The van der Waals surface area contributed by atoms with E-state index in [1.54, 1.807) is 49.6 Å². The number of piperidine rings is 1. The van der Waals surface area contributed by atoms with Crippen LogP contribution in [0.5, 0.6) is 11.5 Å². The van der Waals surface area contributed by atoms with E-state index < -0.39 is 33.2 Å². The number of rotatable bonds is 6. The van der Waals surface area contributed by atoms with E-state index in [2.05, 4.69) is 0 Å². The lowest BCUT2D eigenvalue weighted by Gasteiger charge is -2.52. The Labute approximate surface area is 244 Å². The van der Waals surface area contributed by atoms with Crippen molar-refractivity contribution in [3.63, 3.8) is 0 Å². The Bertz CT molecular complexity index is 1810. The zero-order chi connectivity index (χ0) is 29.3. The highest BCUT2D eigenvalue weighted by Gasteiger charge is 2.75. The molecule has 8 nitrogen and oxygen atoms in total. The molecule has 0 spiro atoms. The van der Waals surface area contributed by atoms with E-state index in [4.69, 9.17) is 9.47 Å². The van der Waals surface area contributed by atoms with Gasteiger partial charge < -0.3 is 14.6 Å². The summed E-state index contributed by atoms with van der Waals surface area (Å²) in [7, 11) is -2.59. The summed E-state index contributed by atoms with van der Waals surface area (Å²) in [5.74, 6) is 0.0671. The van der Waals surface area contributed by atoms with Gasteiger partial charge in [-0.05, 0) is 42.8 Å². The van der Waals surface area contributed by atoms with Gasteiger partial charge in [0.25, 0.3) is 10.0 Å². The lowest BCUT2D eigenvalue weighted by atomic mass is 9.68. The fourth-order valence-electron chi connectivity index (χ4n) is 7.08. The van der Waals surface area contributed by atoms with Gasteiger partial charge >= 0.3 is 5.97 Å². The first-order chi connectivity index (χ1) is 20.2. The van der Waals surface area contributed by atoms with Gasteiger partial charge in [-0.15, -0.1) is 0 Å². The second-order valence-corrected chi connectivity index (χ2v) is 13.0. The molecule has 0 unspecified atom stereocenters. The molecule has 42 heavy (non-hydrogen) atoms. The predicted octanol–water partition coefficient (Wildman–Crippen LogP) is 5.05. The minimum absolute atomic E-state index is 0.0447. The number of carboxylic acids is 1. The monoisotopic (exact) mass is 582 g/mol. The summed E-state index contributed by atoms with van der Waals surface area (Å²) in [6, 6.07) is 28.3. The van der Waals surface area contributed by atoms with Crippen molar-refractivity contribution in [1.82, 2.24) is 4.90 Å². The molecule has 3 heterocycles. The van der Waals surface area contributed by atoms with Gasteiger partial charge in [0.1, 0.15) is 23.1 Å². The molecule has 3 atom stereocenters. The van der Waals surface area contributed by atoms with Crippen LogP contribution in [-0.4, -0.2) is 44.1 Å². The number of likely N-dealkylation sites (tertiary alicyclic amines) is 1. The van der Waals surface area contributed by atoms with Crippen molar-refractivity contribution in [2.24, 2.45) is 0 Å². The third-order valence-corrected chi connectivity index (χ3v) is 10.8. The summed E-state index contributed by atoms with van der Waals surface area (Å²) in [4.78, 5) is 14.9. The van der Waals surface area contributed by atoms with E-state index in [-0.39, 0.29) is 17.9 Å². The van der Waals surface area contributed by atoms with Crippen LogP contribution >= 0.6 is 0 Å². The van der Waals surface area contributed by atoms with E-state index in [1.165, 1.54) is 4.31 Å². The summed E-state index contributed by atoms with van der Waals surface area (Å²) in [5.41, 5.74) is 1.13. The molecule has 0 aliphatic carbocycles. The van der Waals surface area contributed by atoms with Crippen LogP contribution in [0.3, 0.4) is 0 Å². The fraction of sp³-hybridized carbons (Fsp3) is 0.242. The first-order valence-corrected chi connectivity index (χ1v) is 15.3. The van der Waals surface area contributed by atoms with Crippen molar-refractivity contribution in [3.8, 4) is 11.5 Å². The molecule has 0 bridgehead atoms. The van der Waals surface area contributed by atoms with Gasteiger partial charge in [-0.25, -0.2) is 12.7 Å². The van der Waals surface area contributed by atoms with E-state index >= 15 is 0 Å². The Morgan fingerprint density at radius 2 is 1.69 bits per heavy atom. The van der Waals surface area contributed by atoms with E-state index in [1.807, 2.05) is 66.4 Å². The van der Waals surface area contributed by atoms with Crippen molar-refractivity contribution in [1.29, 1.82) is 0 Å². The minimum Gasteiger partial charge on any atom is -0.497 e. The zero-order valence-corrected chi connectivity index (χ0v) is 24.0.